The van der Waals surface area contributed by atoms with Gasteiger partial charge in [-0.3, -0.25) is 0 Å². The smallest absolute Gasteiger partial charge is 0.275 e. The predicted octanol–water partition coefficient (Wildman–Crippen LogP) is 2.63. The predicted molar refractivity (Wildman–Crippen MR) is 92.6 cm³/mol. The minimum Gasteiger partial charge on any atom is -0.418 e. The highest BCUT2D eigenvalue weighted by molar-refractivity contribution is 5.90. The number of aromatic nitrogens is 5. The molecule has 3 heterocycles. The van der Waals surface area contributed by atoms with Gasteiger partial charge in [0, 0.05) is 18.7 Å². The van der Waals surface area contributed by atoms with Crippen molar-refractivity contribution in [1.82, 2.24) is 24.7 Å². The summed E-state index contributed by atoms with van der Waals surface area (Å²) in [6.45, 7) is 1.88. The number of nitrogen functional groups attached to an aromatic ring is 1. The van der Waals surface area contributed by atoms with Crippen molar-refractivity contribution in [3.8, 4) is 11.8 Å². The molecule has 0 saturated heterocycles. The molecule has 1 saturated carbocycles. The van der Waals surface area contributed by atoms with Crippen LogP contribution in [0.4, 0.5) is 14.6 Å². The molecule has 3 N–H and O–H groups in total. The SMILES string of the molecule is Cc1ccnc(Oc2nn(C3CCCC(F)(F)C3O)c3ncnc(N)c23)c1. The first-order valence-corrected chi connectivity index (χ1v) is 8.52. The maximum absolute atomic E-state index is 14.0. The van der Waals surface area contributed by atoms with Crippen LogP contribution in [0.25, 0.3) is 11.0 Å². The lowest BCUT2D eigenvalue weighted by molar-refractivity contribution is -0.152. The molecule has 1 aliphatic rings. The largest absolute Gasteiger partial charge is 0.418 e. The van der Waals surface area contributed by atoms with Crippen molar-refractivity contribution in [1.29, 1.82) is 0 Å². The van der Waals surface area contributed by atoms with Crippen LogP contribution in [0, 0.1) is 6.92 Å². The molecule has 3 aromatic heterocycles. The van der Waals surface area contributed by atoms with Crippen LogP contribution in [0.5, 0.6) is 11.8 Å². The molecular weight excluding hydrogens is 358 g/mol. The molecule has 0 amide bonds. The van der Waals surface area contributed by atoms with E-state index < -0.39 is 18.1 Å². The molecule has 1 aliphatic carbocycles. The molecule has 0 spiro atoms. The van der Waals surface area contributed by atoms with E-state index in [1.165, 1.54) is 11.0 Å². The molecule has 1 fully saturated rings. The van der Waals surface area contributed by atoms with Crippen molar-refractivity contribution in [3.05, 3.63) is 30.2 Å². The molecule has 2 unspecified atom stereocenters. The van der Waals surface area contributed by atoms with E-state index in [1.54, 1.807) is 12.3 Å². The van der Waals surface area contributed by atoms with Gasteiger partial charge in [-0.25, -0.2) is 28.4 Å². The Bertz CT molecular complexity index is 993. The van der Waals surface area contributed by atoms with Crippen LogP contribution >= 0.6 is 0 Å². The van der Waals surface area contributed by atoms with Gasteiger partial charge in [0.25, 0.3) is 11.8 Å². The van der Waals surface area contributed by atoms with Crippen LogP contribution in [0.3, 0.4) is 0 Å². The summed E-state index contributed by atoms with van der Waals surface area (Å²) in [6.07, 6.45) is 1.15. The zero-order chi connectivity index (χ0) is 19.2. The van der Waals surface area contributed by atoms with Crippen molar-refractivity contribution >= 4 is 16.9 Å². The first kappa shape index (κ1) is 17.5. The summed E-state index contributed by atoms with van der Waals surface area (Å²) >= 11 is 0. The second kappa shape index (κ2) is 6.38. The van der Waals surface area contributed by atoms with E-state index in [4.69, 9.17) is 10.5 Å². The monoisotopic (exact) mass is 376 g/mol. The van der Waals surface area contributed by atoms with Crippen LogP contribution in [-0.2, 0) is 0 Å². The van der Waals surface area contributed by atoms with Gasteiger partial charge >= 0.3 is 0 Å². The number of aryl methyl sites for hydroxylation is 1. The molecule has 3 aromatic rings. The van der Waals surface area contributed by atoms with E-state index in [9.17, 15) is 13.9 Å². The van der Waals surface area contributed by atoms with Gasteiger partial charge in [0.2, 0.25) is 5.88 Å². The average Bonchev–Trinajstić information content (AvgIpc) is 2.97. The number of nitrogens with two attached hydrogens (primary N) is 1. The topological polar surface area (TPSA) is 112 Å². The summed E-state index contributed by atoms with van der Waals surface area (Å²) in [7, 11) is 0. The van der Waals surface area contributed by atoms with Crippen molar-refractivity contribution < 1.29 is 18.6 Å². The molecule has 0 aliphatic heterocycles. The second-order valence-electron chi connectivity index (χ2n) is 6.65. The number of nitrogens with zero attached hydrogens (tertiary/aromatic N) is 5. The van der Waals surface area contributed by atoms with Crippen LogP contribution in [-0.4, -0.2) is 41.9 Å². The van der Waals surface area contributed by atoms with Crippen molar-refractivity contribution in [2.24, 2.45) is 0 Å². The number of ether oxygens (including phenoxy) is 1. The van der Waals surface area contributed by atoms with Crippen molar-refractivity contribution in [2.45, 2.75) is 44.3 Å². The van der Waals surface area contributed by atoms with Gasteiger partial charge in [-0.05, 0) is 31.4 Å². The Labute approximate surface area is 153 Å². The van der Waals surface area contributed by atoms with E-state index in [0.717, 1.165) is 5.56 Å². The number of aliphatic hydroxyl groups excluding tert-OH is 1. The van der Waals surface area contributed by atoms with E-state index >= 15 is 0 Å². The number of halogens is 2. The fourth-order valence-electron chi connectivity index (χ4n) is 3.32. The van der Waals surface area contributed by atoms with E-state index in [2.05, 4.69) is 20.1 Å². The molecule has 4 rings (SSSR count). The fraction of sp³-hybridized carbons (Fsp3) is 0.412. The fourth-order valence-corrected chi connectivity index (χ4v) is 3.32. The summed E-state index contributed by atoms with van der Waals surface area (Å²) in [5.74, 6) is -2.76. The standard InChI is InChI=1S/C17H18F2N6O2/c1-9-4-6-21-11(7-9)27-16-12-14(20)22-8-23-15(12)25(24-16)10-3-2-5-17(18,19)13(10)26/h4,6-8,10,13,26H,2-3,5H2,1H3,(H2,20,22,23). The molecule has 8 nitrogen and oxygen atoms in total. The number of anilines is 1. The number of alkyl halides is 2. The van der Waals surface area contributed by atoms with Gasteiger partial charge in [-0.15, -0.1) is 5.10 Å². The van der Waals surface area contributed by atoms with Gasteiger partial charge < -0.3 is 15.6 Å². The molecule has 0 aromatic carbocycles. The van der Waals surface area contributed by atoms with Crippen LogP contribution in [0.1, 0.15) is 30.9 Å². The highest BCUT2D eigenvalue weighted by Gasteiger charge is 2.47. The van der Waals surface area contributed by atoms with Gasteiger partial charge in [0.05, 0.1) is 6.04 Å². The Kier molecular flexibility index (Phi) is 4.14. The molecular formula is C17H18F2N6O2. The summed E-state index contributed by atoms with van der Waals surface area (Å²) in [5.41, 5.74) is 7.11. The van der Waals surface area contributed by atoms with E-state index in [-0.39, 0.29) is 36.1 Å². The highest BCUT2D eigenvalue weighted by Crippen LogP contribution is 2.42. The Balaban J connectivity index is 1.82. The number of rotatable bonds is 3. The number of aliphatic hydroxyl groups is 1. The Hall–Kier alpha value is -2.88. The maximum atomic E-state index is 14.0. The zero-order valence-corrected chi connectivity index (χ0v) is 14.5. The Morgan fingerprint density at radius 1 is 1.33 bits per heavy atom. The average molecular weight is 376 g/mol. The Morgan fingerprint density at radius 2 is 2.15 bits per heavy atom. The lowest BCUT2D eigenvalue weighted by atomic mass is 9.89. The van der Waals surface area contributed by atoms with Crippen LogP contribution < -0.4 is 10.5 Å². The zero-order valence-electron chi connectivity index (χ0n) is 14.5. The molecule has 0 bridgehead atoms. The van der Waals surface area contributed by atoms with Crippen LogP contribution in [0.15, 0.2) is 24.7 Å². The number of hydrogen-bond acceptors (Lipinski definition) is 7. The summed E-state index contributed by atoms with van der Waals surface area (Å²) in [5, 5.41) is 14.8. The lowest BCUT2D eigenvalue weighted by Gasteiger charge is -2.34. The van der Waals surface area contributed by atoms with Crippen LogP contribution in [0.2, 0.25) is 0 Å². The third kappa shape index (κ3) is 3.05. The van der Waals surface area contributed by atoms with E-state index in [0.29, 0.717) is 11.8 Å². The summed E-state index contributed by atoms with van der Waals surface area (Å²) in [6, 6.07) is 2.56. The van der Waals surface area contributed by atoms with Gasteiger partial charge in [-0.2, -0.15) is 0 Å². The summed E-state index contributed by atoms with van der Waals surface area (Å²) < 4.78 is 35.0. The Morgan fingerprint density at radius 3 is 2.93 bits per heavy atom. The first-order valence-electron chi connectivity index (χ1n) is 8.52. The summed E-state index contributed by atoms with van der Waals surface area (Å²) in [4.78, 5) is 12.2. The number of hydrogen-bond donors (Lipinski definition) is 2. The van der Waals surface area contributed by atoms with E-state index in [1.807, 2.05) is 13.0 Å². The molecule has 0 radical (unpaired) electrons. The molecule has 10 heteroatoms. The second-order valence-corrected chi connectivity index (χ2v) is 6.65. The van der Waals surface area contributed by atoms with Gasteiger partial charge in [-0.1, -0.05) is 0 Å². The van der Waals surface area contributed by atoms with Gasteiger partial charge in [0.1, 0.15) is 23.6 Å². The minimum absolute atomic E-state index is 0.0577. The molecule has 27 heavy (non-hydrogen) atoms. The molecule has 142 valence electrons. The first-order chi connectivity index (χ1) is 12.9. The lowest BCUT2D eigenvalue weighted by Crippen LogP contribution is -2.44. The normalized spacial score (nSPS) is 22.1. The number of fused-ring (bicyclic) bond motifs is 1. The van der Waals surface area contributed by atoms with Gasteiger partial charge in [0.15, 0.2) is 5.65 Å². The quantitative estimate of drug-likeness (QED) is 0.722. The van der Waals surface area contributed by atoms with Crippen molar-refractivity contribution in [2.75, 3.05) is 5.73 Å². The highest BCUT2D eigenvalue weighted by atomic mass is 19.3. The third-order valence-electron chi connectivity index (χ3n) is 4.70. The minimum atomic E-state index is -3.20. The number of pyridine rings is 1. The third-order valence-corrected chi connectivity index (χ3v) is 4.70. The molecule has 2 atom stereocenters. The van der Waals surface area contributed by atoms with Crippen molar-refractivity contribution in [3.63, 3.8) is 0 Å². The maximum Gasteiger partial charge on any atom is 0.275 e.